The van der Waals surface area contributed by atoms with Crippen molar-refractivity contribution in [3.63, 3.8) is 0 Å². The number of urea groups is 1. The van der Waals surface area contributed by atoms with Crippen LogP contribution in [0.3, 0.4) is 0 Å². The van der Waals surface area contributed by atoms with Gasteiger partial charge in [-0.05, 0) is 55.7 Å². The lowest BCUT2D eigenvalue weighted by Gasteiger charge is -2.29. The van der Waals surface area contributed by atoms with E-state index >= 15 is 0 Å². The summed E-state index contributed by atoms with van der Waals surface area (Å²) in [5.41, 5.74) is 1.98. The summed E-state index contributed by atoms with van der Waals surface area (Å²) in [5.74, 6) is -0.650. The van der Waals surface area contributed by atoms with Gasteiger partial charge in [-0.3, -0.25) is 0 Å². The smallest absolute Gasteiger partial charge is 0.338 e. The molecule has 2 aromatic rings. The molecule has 1 aliphatic heterocycles. The second-order valence-electron chi connectivity index (χ2n) is 7.45. The first-order chi connectivity index (χ1) is 15.2. The molecule has 1 unspecified atom stereocenters. The second-order valence-corrected chi connectivity index (χ2v) is 9.40. The van der Waals surface area contributed by atoms with E-state index in [1.165, 1.54) is 7.11 Å². The number of aryl methyl sites for hydroxylation is 2. The van der Waals surface area contributed by atoms with Gasteiger partial charge >= 0.3 is 12.0 Å². The minimum Gasteiger partial charge on any atom is -0.494 e. The van der Waals surface area contributed by atoms with E-state index in [4.69, 9.17) is 9.47 Å². The summed E-state index contributed by atoms with van der Waals surface area (Å²) in [6.07, 6.45) is 0. The van der Waals surface area contributed by atoms with Crippen LogP contribution in [0.5, 0.6) is 5.75 Å². The number of esters is 1. The Morgan fingerprint density at radius 3 is 2.41 bits per heavy atom. The first kappa shape index (κ1) is 23.3. The topological polar surface area (TPSA) is 111 Å². The zero-order valence-electron chi connectivity index (χ0n) is 18.4. The highest BCUT2D eigenvalue weighted by molar-refractivity contribution is 7.91. The third kappa shape index (κ3) is 4.94. The minimum atomic E-state index is -3.86. The number of nitrogens with one attached hydrogen (secondary N) is 2. The molecule has 1 atom stereocenters. The van der Waals surface area contributed by atoms with E-state index in [-0.39, 0.29) is 16.2 Å². The van der Waals surface area contributed by atoms with Crippen molar-refractivity contribution in [2.75, 3.05) is 19.5 Å². The van der Waals surface area contributed by atoms with Crippen molar-refractivity contribution in [1.29, 1.82) is 0 Å². The normalized spacial score (nSPS) is 16.2. The Morgan fingerprint density at radius 2 is 1.78 bits per heavy atom. The average molecular weight is 459 g/mol. The third-order valence-corrected chi connectivity index (χ3v) is 6.88. The Bertz CT molecular complexity index is 1170. The van der Waals surface area contributed by atoms with Gasteiger partial charge in [-0.15, -0.1) is 0 Å². The second kappa shape index (κ2) is 9.44. The van der Waals surface area contributed by atoms with Gasteiger partial charge in [0.1, 0.15) is 5.75 Å². The number of carbonyl (C=O) groups is 2. The van der Waals surface area contributed by atoms with Crippen molar-refractivity contribution in [3.8, 4) is 5.75 Å². The van der Waals surface area contributed by atoms with Crippen molar-refractivity contribution in [3.05, 3.63) is 70.4 Å². The molecule has 9 heteroatoms. The summed E-state index contributed by atoms with van der Waals surface area (Å²) in [6.45, 7) is 5.86. The summed E-state index contributed by atoms with van der Waals surface area (Å²) in [5, 5.41) is 5.18. The molecule has 170 valence electrons. The van der Waals surface area contributed by atoms with Gasteiger partial charge in [-0.25, -0.2) is 18.0 Å². The number of sulfone groups is 1. The monoisotopic (exact) mass is 458 g/mol. The van der Waals surface area contributed by atoms with Crippen LogP contribution in [0.2, 0.25) is 0 Å². The van der Waals surface area contributed by atoms with Gasteiger partial charge in [0.05, 0.1) is 36.0 Å². The Morgan fingerprint density at radius 1 is 1.09 bits per heavy atom. The van der Waals surface area contributed by atoms with Gasteiger partial charge in [0.15, 0.2) is 9.84 Å². The fourth-order valence-corrected chi connectivity index (χ4v) is 5.25. The summed E-state index contributed by atoms with van der Waals surface area (Å²) >= 11 is 0. The Balaban J connectivity index is 2.08. The molecule has 8 nitrogen and oxygen atoms in total. The molecule has 2 amide bonds. The molecule has 0 aromatic heterocycles. The summed E-state index contributed by atoms with van der Waals surface area (Å²) < 4.78 is 36.8. The van der Waals surface area contributed by atoms with Gasteiger partial charge in [0.25, 0.3) is 0 Å². The van der Waals surface area contributed by atoms with Crippen LogP contribution in [-0.2, 0) is 19.4 Å². The molecule has 0 radical (unpaired) electrons. The summed E-state index contributed by atoms with van der Waals surface area (Å²) in [6, 6.07) is 10.5. The van der Waals surface area contributed by atoms with Crippen LogP contribution in [-0.4, -0.2) is 39.9 Å². The molecule has 0 aliphatic carbocycles. The Labute approximate surface area is 187 Å². The average Bonchev–Trinajstić information content (AvgIpc) is 2.75. The number of amides is 2. The predicted octanol–water partition coefficient (Wildman–Crippen LogP) is 2.96. The van der Waals surface area contributed by atoms with Crippen LogP contribution in [0, 0.1) is 13.8 Å². The van der Waals surface area contributed by atoms with Crippen LogP contribution in [0.15, 0.2) is 58.6 Å². The van der Waals surface area contributed by atoms with Gasteiger partial charge in [-0.2, -0.15) is 0 Å². The van der Waals surface area contributed by atoms with Gasteiger partial charge in [0.2, 0.25) is 0 Å². The SMILES string of the molecule is CCOc1ccc(C2NC(=O)NC(CS(=O)(=O)c3cc(C)ccc3C)=C2C(=O)OC)cc1. The molecule has 1 heterocycles. The number of ether oxygens (including phenoxy) is 2. The highest BCUT2D eigenvalue weighted by Gasteiger charge is 2.35. The zero-order valence-corrected chi connectivity index (χ0v) is 19.2. The molecule has 0 spiro atoms. The number of benzene rings is 2. The predicted molar refractivity (Wildman–Crippen MR) is 119 cm³/mol. The summed E-state index contributed by atoms with van der Waals surface area (Å²) in [7, 11) is -2.65. The quantitative estimate of drug-likeness (QED) is 0.617. The number of rotatable bonds is 7. The van der Waals surface area contributed by atoms with Crippen LogP contribution < -0.4 is 15.4 Å². The molecule has 2 aromatic carbocycles. The van der Waals surface area contributed by atoms with Crippen molar-refractivity contribution in [2.45, 2.75) is 31.7 Å². The fourth-order valence-electron chi connectivity index (χ4n) is 3.57. The maximum absolute atomic E-state index is 13.2. The molecular formula is C23H26N2O6S. The highest BCUT2D eigenvalue weighted by atomic mass is 32.2. The first-order valence-electron chi connectivity index (χ1n) is 10.1. The molecule has 0 bridgehead atoms. The minimum absolute atomic E-state index is 0.0135. The van der Waals surface area contributed by atoms with Crippen LogP contribution in [0.25, 0.3) is 0 Å². The number of hydrogen-bond donors (Lipinski definition) is 2. The molecule has 3 rings (SSSR count). The Hall–Kier alpha value is -3.33. The number of methoxy groups -OCH3 is 1. The van der Waals surface area contributed by atoms with Gasteiger partial charge < -0.3 is 20.1 Å². The van der Waals surface area contributed by atoms with E-state index in [0.29, 0.717) is 23.5 Å². The largest absolute Gasteiger partial charge is 0.494 e. The van der Waals surface area contributed by atoms with E-state index in [9.17, 15) is 18.0 Å². The van der Waals surface area contributed by atoms with Gasteiger partial charge in [-0.1, -0.05) is 24.3 Å². The lowest BCUT2D eigenvalue weighted by molar-refractivity contribution is -0.136. The third-order valence-electron chi connectivity index (χ3n) is 5.10. The van der Waals surface area contributed by atoms with E-state index in [2.05, 4.69) is 10.6 Å². The molecule has 0 fully saturated rings. The van der Waals surface area contributed by atoms with E-state index < -0.39 is 33.6 Å². The molecule has 0 saturated heterocycles. The van der Waals surface area contributed by atoms with Crippen molar-refractivity contribution < 1.29 is 27.5 Å². The van der Waals surface area contributed by atoms with Crippen molar-refractivity contribution >= 4 is 21.8 Å². The summed E-state index contributed by atoms with van der Waals surface area (Å²) in [4.78, 5) is 25.2. The van der Waals surface area contributed by atoms with E-state index in [1.807, 2.05) is 13.0 Å². The zero-order chi connectivity index (χ0) is 23.5. The van der Waals surface area contributed by atoms with E-state index in [1.54, 1.807) is 50.2 Å². The maximum atomic E-state index is 13.2. The maximum Gasteiger partial charge on any atom is 0.338 e. The lowest BCUT2D eigenvalue weighted by Crippen LogP contribution is -2.47. The molecular weight excluding hydrogens is 432 g/mol. The van der Waals surface area contributed by atoms with Crippen LogP contribution >= 0.6 is 0 Å². The molecule has 2 N–H and O–H groups in total. The molecule has 0 saturated carbocycles. The first-order valence-corrected chi connectivity index (χ1v) is 11.7. The van der Waals surface area contributed by atoms with Crippen LogP contribution in [0.1, 0.15) is 29.7 Å². The van der Waals surface area contributed by atoms with Crippen molar-refractivity contribution in [2.24, 2.45) is 0 Å². The Kier molecular flexibility index (Phi) is 6.88. The van der Waals surface area contributed by atoms with E-state index in [0.717, 1.165) is 5.56 Å². The fraction of sp³-hybridized carbons (Fsp3) is 0.304. The van der Waals surface area contributed by atoms with Crippen molar-refractivity contribution in [1.82, 2.24) is 10.6 Å². The number of carbonyl (C=O) groups excluding carboxylic acids is 2. The lowest BCUT2D eigenvalue weighted by atomic mass is 9.95. The molecule has 1 aliphatic rings. The van der Waals surface area contributed by atoms with Gasteiger partial charge in [0, 0.05) is 5.70 Å². The number of hydrogen-bond acceptors (Lipinski definition) is 6. The van der Waals surface area contributed by atoms with Crippen LogP contribution in [0.4, 0.5) is 4.79 Å². The standard InChI is InChI=1S/C23H26N2O6S/c1-5-31-17-10-8-16(9-11-17)21-20(22(26)30-4)18(24-23(27)25-21)13-32(28,29)19-12-14(2)6-7-15(19)3/h6-12,21H,5,13H2,1-4H3,(H2,24,25,27). The highest BCUT2D eigenvalue weighted by Crippen LogP contribution is 2.30. The molecule has 32 heavy (non-hydrogen) atoms.